The number of ether oxygens (including phenoxy) is 1. The van der Waals surface area contributed by atoms with Gasteiger partial charge in [0.15, 0.2) is 6.61 Å². The number of carbonyl (C=O) groups excluding carboxylic acids is 1. The van der Waals surface area contributed by atoms with Crippen molar-refractivity contribution in [1.29, 1.82) is 0 Å². The third-order valence-corrected chi connectivity index (χ3v) is 3.34. The minimum atomic E-state index is -4.41. The summed E-state index contributed by atoms with van der Waals surface area (Å²) in [6.45, 7) is 1.18. The molecule has 0 aliphatic rings. The van der Waals surface area contributed by atoms with Gasteiger partial charge in [0.25, 0.3) is 0 Å². The summed E-state index contributed by atoms with van der Waals surface area (Å²) in [5, 5.41) is 5.39. The number of urea groups is 1. The fourth-order valence-electron chi connectivity index (χ4n) is 1.99. The highest BCUT2D eigenvalue weighted by Crippen LogP contribution is 2.17. The molecule has 2 aromatic rings. The molecule has 0 saturated carbocycles. The number of hydrogen-bond acceptors (Lipinski definition) is 3. The smallest absolute Gasteiger partial charge is 0.422 e. The first-order valence-corrected chi connectivity index (χ1v) is 7.54. The summed E-state index contributed by atoms with van der Waals surface area (Å²) in [7, 11) is 0. The lowest BCUT2D eigenvalue weighted by atomic mass is 10.1. The maximum Gasteiger partial charge on any atom is 0.422 e. The van der Waals surface area contributed by atoms with E-state index in [0.29, 0.717) is 12.1 Å². The van der Waals surface area contributed by atoms with E-state index in [1.165, 1.54) is 12.3 Å². The van der Waals surface area contributed by atoms with Crippen LogP contribution >= 0.6 is 0 Å². The van der Waals surface area contributed by atoms with Gasteiger partial charge in [0.1, 0.15) is 0 Å². The molecule has 0 radical (unpaired) electrons. The fraction of sp³-hybridized carbons (Fsp3) is 0.294. The molecule has 134 valence electrons. The van der Waals surface area contributed by atoms with Gasteiger partial charge >= 0.3 is 12.2 Å². The molecule has 25 heavy (non-hydrogen) atoms. The van der Waals surface area contributed by atoms with Crippen LogP contribution < -0.4 is 15.4 Å². The van der Waals surface area contributed by atoms with Crippen LogP contribution in [0.2, 0.25) is 0 Å². The average molecular weight is 353 g/mol. The van der Waals surface area contributed by atoms with E-state index in [1.54, 1.807) is 6.07 Å². The van der Waals surface area contributed by atoms with Crippen molar-refractivity contribution in [1.82, 2.24) is 15.6 Å². The van der Waals surface area contributed by atoms with Gasteiger partial charge in [0.2, 0.25) is 5.88 Å². The summed E-state index contributed by atoms with van der Waals surface area (Å²) < 4.78 is 40.6. The number of aromatic nitrogens is 1. The van der Waals surface area contributed by atoms with Crippen LogP contribution in [0, 0.1) is 6.92 Å². The average Bonchev–Trinajstić information content (AvgIpc) is 2.57. The Morgan fingerprint density at radius 3 is 2.48 bits per heavy atom. The lowest BCUT2D eigenvalue weighted by Gasteiger charge is -2.10. The van der Waals surface area contributed by atoms with Gasteiger partial charge in [-0.1, -0.05) is 30.3 Å². The minimum Gasteiger partial charge on any atom is -0.468 e. The van der Waals surface area contributed by atoms with Crippen LogP contribution in [0.4, 0.5) is 18.0 Å². The van der Waals surface area contributed by atoms with Gasteiger partial charge < -0.3 is 15.4 Å². The molecule has 2 rings (SSSR count). The number of carbonyl (C=O) groups is 1. The minimum absolute atomic E-state index is 0.120. The maximum atomic E-state index is 12.0. The quantitative estimate of drug-likeness (QED) is 0.837. The van der Waals surface area contributed by atoms with Gasteiger partial charge in [0, 0.05) is 25.4 Å². The SMILES string of the molecule is Cc1ccccc1CNC(=O)NCc1ccc(OCC(F)(F)F)nc1. The summed E-state index contributed by atoms with van der Waals surface area (Å²) in [6, 6.07) is 10.2. The second-order valence-electron chi connectivity index (χ2n) is 5.37. The topological polar surface area (TPSA) is 63.2 Å². The monoisotopic (exact) mass is 353 g/mol. The number of nitrogens with one attached hydrogen (secondary N) is 2. The molecule has 0 aliphatic carbocycles. The molecule has 5 nitrogen and oxygen atoms in total. The van der Waals surface area contributed by atoms with Crippen LogP contribution in [0.25, 0.3) is 0 Å². The Kier molecular flexibility index (Phi) is 6.21. The number of benzene rings is 1. The zero-order valence-electron chi connectivity index (χ0n) is 13.6. The second-order valence-corrected chi connectivity index (χ2v) is 5.37. The van der Waals surface area contributed by atoms with Crippen molar-refractivity contribution in [2.24, 2.45) is 0 Å². The van der Waals surface area contributed by atoms with Crippen molar-refractivity contribution < 1.29 is 22.7 Å². The Hall–Kier alpha value is -2.77. The van der Waals surface area contributed by atoms with E-state index in [1.807, 2.05) is 31.2 Å². The molecule has 0 atom stereocenters. The highest BCUT2D eigenvalue weighted by Gasteiger charge is 2.28. The zero-order chi connectivity index (χ0) is 18.3. The van der Waals surface area contributed by atoms with Crippen LogP contribution in [0.15, 0.2) is 42.6 Å². The Labute approximate surface area is 143 Å². The Bertz CT molecular complexity index is 703. The summed E-state index contributed by atoms with van der Waals surface area (Å²) >= 11 is 0. The highest BCUT2D eigenvalue weighted by atomic mass is 19.4. The van der Waals surface area contributed by atoms with Gasteiger partial charge in [-0.15, -0.1) is 0 Å². The van der Waals surface area contributed by atoms with E-state index in [-0.39, 0.29) is 18.5 Å². The second kappa shape index (κ2) is 8.36. The van der Waals surface area contributed by atoms with E-state index in [0.717, 1.165) is 11.1 Å². The largest absolute Gasteiger partial charge is 0.468 e. The van der Waals surface area contributed by atoms with Gasteiger partial charge in [-0.3, -0.25) is 0 Å². The number of pyridine rings is 1. The van der Waals surface area contributed by atoms with Crippen LogP contribution in [0.5, 0.6) is 5.88 Å². The first-order valence-electron chi connectivity index (χ1n) is 7.54. The predicted molar refractivity (Wildman–Crippen MR) is 86.0 cm³/mol. The molecule has 1 heterocycles. The third kappa shape index (κ3) is 6.70. The van der Waals surface area contributed by atoms with E-state index >= 15 is 0 Å². The van der Waals surface area contributed by atoms with Crippen LogP contribution in [0.1, 0.15) is 16.7 Å². The van der Waals surface area contributed by atoms with E-state index < -0.39 is 12.8 Å². The number of amides is 2. The third-order valence-electron chi connectivity index (χ3n) is 3.34. The molecular weight excluding hydrogens is 335 g/mol. The first-order chi connectivity index (χ1) is 11.8. The molecular formula is C17H18F3N3O2. The molecule has 1 aromatic carbocycles. The van der Waals surface area contributed by atoms with Crippen molar-refractivity contribution in [2.75, 3.05) is 6.61 Å². The van der Waals surface area contributed by atoms with Crippen molar-refractivity contribution >= 4 is 6.03 Å². The Morgan fingerprint density at radius 1 is 1.12 bits per heavy atom. The Balaban J connectivity index is 1.75. The predicted octanol–water partition coefficient (Wildman–Crippen LogP) is 3.33. The molecule has 0 fully saturated rings. The molecule has 2 N–H and O–H groups in total. The summed E-state index contributed by atoms with van der Waals surface area (Å²) in [5.74, 6) is -0.120. The van der Waals surface area contributed by atoms with Crippen molar-refractivity contribution in [3.8, 4) is 5.88 Å². The lowest BCUT2D eigenvalue weighted by molar-refractivity contribution is -0.154. The summed E-state index contributed by atoms with van der Waals surface area (Å²) in [4.78, 5) is 15.6. The fourth-order valence-corrected chi connectivity index (χ4v) is 1.99. The molecule has 0 spiro atoms. The lowest BCUT2D eigenvalue weighted by Crippen LogP contribution is -2.34. The highest BCUT2D eigenvalue weighted by molar-refractivity contribution is 5.73. The summed E-state index contributed by atoms with van der Waals surface area (Å²) in [6.07, 6.45) is -3.05. The number of alkyl halides is 3. The van der Waals surface area contributed by atoms with Gasteiger partial charge in [-0.2, -0.15) is 13.2 Å². The molecule has 0 saturated heterocycles. The normalized spacial score (nSPS) is 11.0. The molecule has 8 heteroatoms. The number of nitrogens with zero attached hydrogens (tertiary/aromatic N) is 1. The van der Waals surface area contributed by atoms with E-state index in [4.69, 9.17) is 0 Å². The van der Waals surface area contributed by atoms with Crippen LogP contribution in [0.3, 0.4) is 0 Å². The first kappa shape index (κ1) is 18.6. The molecule has 2 amide bonds. The molecule has 0 aliphatic heterocycles. The van der Waals surface area contributed by atoms with Crippen LogP contribution in [-0.2, 0) is 13.1 Å². The van der Waals surface area contributed by atoms with Crippen LogP contribution in [-0.4, -0.2) is 23.8 Å². The molecule has 0 unspecified atom stereocenters. The molecule has 0 bridgehead atoms. The van der Waals surface area contributed by atoms with Gasteiger partial charge in [-0.05, 0) is 23.6 Å². The van der Waals surface area contributed by atoms with Gasteiger partial charge in [0.05, 0.1) is 0 Å². The Morgan fingerprint density at radius 2 is 1.84 bits per heavy atom. The van der Waals surface area contributed by atoms with Crippen molar-refractivity contribution in [3.05, 3.63) is 59.3 Å². The van der Waals surface area contributed by atoms with E-state index in [2.05, 4.69) is 20.4 Å². The standard InChI is InChI=1S/C17H18F3N3O2/c1-12-4-2-3-5-14(12)10-23-16(24)22-9-13-6-7-15(21-8-13)25-11-17(18,19)20/h2-8H,9-11H2,1H3,(H2,22,23,24). The maximum absolute atomic E-state index is 12.0. The van der Waals surface area contributed by atoms with E-state index in [9.17, 15) is 18.0 Å². The zero-order valence-corrected chi connectivity index (χ0v) is 13.6. The number of aryl methyl sites for hydroxylation is 1. The number of rotatable bonds is 6. The van der Waals surface area contributed by atoms with Crippen molar-refractivity contribution in [3.63, 3.8) is 0 Å². The van der Waals surface area contributed by atoms with Crippen molar-refractivity contribution in [2.45, 2.75) is 26.2 Å². The number of halogens is 3. The molecule has 1 aromatic heterocycles. The van der Waals surface area contributed by atoms with Gasteiger partial charge in [-0.25, -0.2) is 9.78 Å². The summed E-state index contributed by atoms with van der Waals surface area (Å²) in [5.41, 5.74) is 2.75. The number of hydrogen-bond donors (Lipinski definition) is 2.